The summed E-state index contributed by atoms with van der Waals surface area (Å²) in [4.78, 5) is 32.8. The zero-order valence-electron chi connectivity index (χ0n) is 14.4. The number of carbonyl (C=O) groups is 1. The molecule has 0 atom stereocenters. The maximum atomic E-state index is 12.0. The summed E-state index contributed by atoms with van der Waals surface area (Å²) in [5, 5.41) is 5.50. The molecule has 0 saturated heterocycles. The van der Waals surface area contributed by atoms with Crippen LogP contribution in [0.5, 0.6) is 0 Å². The summed E-state index contributed by atoms with van der Waals surface area (Å²) in [7, 11) is 3.80. The molecule has 2 aromatic rings. The maximum absolute atomic E-state index is 12.0. The molecule has 7 nitrogen and oxygen atoms in total. The van der Waals surface area contributed by atoms with Gasteiger partial charge in [0.2, 0.25) is 0 Å². The van der Waals surface area contributed by atoms with E-state index in [0.717, 1.165) is 22.6 Å². The number of amides is 2. The van der Waals surface area contributed by atoms with E-state index >= 15 is 0 Å². The normalized spacial score (nSPS) is 10.3. The van der Waals surface area contributed by atoms with Gasteiger partial charge in [0.1, 0.15) is 5.82 Å². The van der Waals surface area contributed by atoms with E-state index in [4.69, 9.17) is 0 Å². The summed E-state index contributed by atoms with van der Waals surface area (Å²) < 4.78 is 0. The number of urea groups is 1. The molecular weight excluding hydrogens is 306 g/mol. The number of aryl methyl sites for hydroxylation is 2. The molecule has 24 heavy (non-hydrogen) atoms. The van der Waals surface area contributed by atoms with Crippen LogP contribution in [0.3, 0.4) is 0 Å². The van der Waals surface area contributed by atoms with E-state index in [1.807, 2.05) is 51.0 Å². The van der Waals surface area contributed by atoms with Crippen molar-refractivity contribution in [2.24, 2.45) is 0 Å². The summed E-state index contributed by atoms with van der Waals surface area (Å²) in [5.74, 6) is 0.809. The quantitative estimate of drug-likeness (QED) is 0.774. The Bertz CT molecular complexity index is 783. The first-order valence-electron chi connectivity index (χ1n) is 7.70. The largest absolute Gasteiger partial charge is 0.362 e. The molecule has 2 rings (SSSR count). The van der Waals surface area contributed by atoms with Gasteiger partial charge < -0.3 is 20.5 Å². The number of carbonyl (C=O) groups excluding carboxylic acids is 1. The van der Waals surface area contributed by atoms with Crippen molar-refractivity contribution in [2.45, 2.75) is 26.9 Å². The minimum absolute atomic E-state index is 0.171. The van der Waals surface area contributed by atoms with Gasteiger partial charge in [-0.25, -0.2) is 9.78 Å². The number of H-pyrrole nitrogens is 1. The third kappa shape index (κ3) is 4.34. The minimum atomic E-state index is -0.331. The number of anilines is 1. The average Bonchev–Trinajstić information content (AvgIpc) is 2.52. The molecule has 0 unspecified atom stereocenters. The molecule has 0 aliphatic rings. The number of hydrogen-bond donors (Lipinski definition) is 3. The van der Waals surface area contributed by atoms with Gasteiger partial charge in [-0.3, -0.25) is 4.79 Å². The number of hydrogen-bond acceptors (Lipinski definition) is 4. The summed E-state index contributed by atoms with van der Waals surface area (Å²) in [6.07, 6.45) is 1.71. The Balaban J connectivity index is 1.95. The highest BCUT2D eigenvalue weighted by Gasteiger charge is 2.09. The van der Waals surface area contributed by atoms with Gasteiger partial charge in [0.05, 0.1) is 6.54 Å². The van der Waals surface area contributed by atoms with Crippen molar-refractivity contribution in [1.29, 1.82) is 0 Å². The summed E-state index contributed by atoms with van der Waals surface area (Å²) in [6, 6.07) is 5.30. The van der Waals surface area contributed by atoms with Gasteiger partial charge in [-0.15, -0.1) is 0 Å². The number of nitrogens with one attached hydrogen (secondary N) is 3. The van der Waals surface area contributed by atoms with Crippen LogP contribution in [0, 0.1) is 13.8 Å². The Labute approximate surface area is 141 Å². The Hall–Kier alpha value is -2.83. The average molecular weight is 329 g/mol. The molecule has 7 heteroatoms. The van der Waals surface area contributed by atoms with Crippen LogP contribution in [0.25, 0.3) is 0 Å². The number of rotatable bonds is 5. The fourth-order valence-electron chi connectivity index (χ4n) is 2.48. The molecule has 0 radical (unpaired) electrons. The third-order valence-electron chi connectivity index (χ3n) is 3.65. The second kappa shape index (κ2) is 7.63. The van der Waals surface area contributed by atoms with E-state index in [0.29, 0.717) is 12.1 Å². The lowest BCUT2D eigenvalue weighted by molar-refractivity contribution is 0.240. The van der Waals surface area contributed by atoms with E-state index in [1.54, 1.807) is 6.20 Å². The standard InChI is InChI=1S/C17H23N5O2/c1-11-8-12(2)21-16(23)14(11)10-20-17(24)19-9-13-6-5-7-18-15(13)22(3)4/h5-8H,9-10H2,1-4H3,(H,21,23)(H2,19,20,24). The monoisotopic (exact) mass is 329 g/mol. The van der Waals surface area contributed by atoms with Gasteiger partial charge in [-0.2, -0.15) is 0 Å². The number of aromatic nitrogens is 2. The fourth-order valence-corrected chi connectivity index (χ4v) is 2.48. The molecule has 0 spiro atoms. The lowest BCUT2D eigenvalue weighted by Crippen LogP contribution is -2.36. The van der Waals surface area contributed by atoms with Gasteiger partial charge in [0.25, 0.3) is 5.56 Å². The van der Waals surface area contributed by atoms with Gasteiger partial charge in [0, 0.05) is 43.7 Å². The summed E-state index contributed by atoms with van der Waals surface area (Å²) >= 11 is 0. The van der Waals surface area contributed by atoms with Crippen LogP contribution in [0.15, 0.2) is 29.2 Å². The molecule has 2 aromatic heterocycles. The first-order valence-corrected chi connectivity index (χ1v) is 7.70. The van der Waals surface area contributed by atoms with E-state index in [2.05, 4.69) is 20.6 Å². The van der Waals surface area contributed by atoms with E-state index in [9.17, 15) is 9.59 Å². The van der Waals surface area contributed by atoms with Crippen LogP contribution in [0.1, 0.15) is 22.4 Å². The van der Waals surface area contributed by atoms with Crippen molar-refractivity contribution in [3.8, 4) is 0 Å². The highest BCUT2D eigenvalue weighted by Crippen LogP contribution is 2.13. The lowest BCUT2D eigenvalue weighted by Gasteiger charge is -2.16. The highest BCUT2D eigenvalue weighted by atomic mass is 16.2. The van der Waals surface area contributed by atoms with Crippen LogP contribution in [-0.4, -0.2) is 30.1 Å². The van der Waals surface area contributed by atoms with Crippen molar-refractivity contribution < 1.29 is 4.79 Å². The molecule has 0 saturated carbocycles. The fraction of sp³-hybridized carbons (Fsp3) is 0.353. The molecule has 0 aliphatic heterocycles. The highest BCUT2D eigenvalue weighted by molar-refractivity contribution is 5.74. The molecule has 0 bridgehead atoms. The number of pyridine rings is 2. The van der Waals surface area contributed by atoms with Crippen molar-refractivity contribution in [3.63, 3.8) is 0 Å². The van der Waals surface area contributed by atoms with Crippen molar-refractivity contribution in [2.75, 3.05) is 19.0 Å². The second-order valence-electron chi connectivity index (χ2n) is 5.86. The zero-order chi connectivity index (χ0) is 17.7. The molecule has 0 aromatic carbocycles. The molecule has 3 N–H and O–H groups in total. The predicted octanol–water partition coefficient (Wildman–Crippen LogP) is 1.45. The Morgan fingerprint density at radius 1 is 1.25 bits per heavy atom. The number of aromatic amines is 1. The Kier molecular flexibility index (Phi) is 5.57. The van der Waals surface area contributed by atoms with Crippen LogP contribution in [0.4, 0.5) is 10.6 Å². The topological polar surface area (TPSA) is 90.1 Å². The molecule has 0 fully saturated rings. The van der Waals surface area contributed by atoms with E-state index in [1.165, 1.54) is 0 Å². The predicted molar refractivity (Wildman–Crippen MR) is 94.2 cm³/mol. The minimum Gasteiger partial charge on any atom is -0.362 e. The SMILES string of the molecule is Cc1cc(C)c(CNC(=O)NCc2cccnc2N(C)C)c(=O)[nH]1. The Morgan fingerprint density at radius 3 is 2.62 bits per heavy atom. The summed E-state index contributed by atoms with van der Waals surface area (Å²) in [6.45, 7) is 4.22. The van der Waals surface area contributed by atoms with E-state index in [-0.39, 0.29) is 18.1 Å². The van der Waals surface area contributed by atoms with Gasteiger partial charge in [-0.05, 0) is 31.5 Å². The van der Waals surface area contributed by atoms with Crippen molar-refractivity contribution in [1.82, 2.24) is 20.6 Å². The maximum Gasteiger partial charge on any atom is 0.315 e. The first-order chi connectivity index (χ1) is 11.4. The van der Waals surface area contributed by atoms with Gasteiger partial charge in [0.15, 0.2) is 0 Å². The molecular formula is C17H23N5O2. The van der Waals surface area contributed by atoms with Crippen LogP contribution in [0.2, 0.25) is 0 Å². The van der Waals surface area contributed by atoms with E-state index < -0.39 is 0 Å². The molecule has 128 valence electrons. The van der Waals surface area contributed by atoms with Gasteiger partial charge in [-0.1, -0.05) is 6.07 Å². The zero-order valence-corrected chi connectivity index (χ0v) is 14.4. The first kappa shape index (κ1) is 17.5. The Morgan fingerprint density at radius 2 is 1.96 bits per heavy atom. The van der Waals surface area contributed by atoms with Crippen LogP contribution < -0.4 is 21.1 Å². The van der Waals surface area contributed by atoms with Crippen LogP contribution >= 0.6 is 0 Å². The van der Waals surface area contributed by atoms with Crippen molar-refractivity contribution >= 4 is 11.8 Å². The van der Waals surface area contributed by atoms with Gasteiger partial charge >= 0.3 is 6.03 Å². The third-order valence-corrected chi connectivity index (χ3v) is 3.65. The molecule has 2 heterocycles. The second-order valence-corrected chi connectivity index (χ2v) is 5.86. The number of nitrogens with zero attached hydrogens (tertiary/aromatic N) is 2. The summed E-state index contributed by atoms with van der Waals surface area (Å²) in [5.41, 5.74) is 2.97. The molecule has 0 aliphatic carbocycles. The van der Waals surface area contributed by atoms with Crippen LogP contribution in [-0.2, 0) is 13.1 Å². The lowest BCUT2D eigenvalue weighted by atomic mass is 10.1. The smallest absolute Gasteiger partial charge is 0.315 e. The molecule has 2 amide bonds. The van der Waals surface area contributed by atoms with Crippen molar-refractivity contribution in [3.05, 3.63) is 57.1 Å².